The van der Waals surface area contributed by atoms with E-state index in [4.69, 9.17) is 5.73 Å². The number of nitrogen functional groups attached to an aromatic ring is 1. The van der Waals surface area contributed by atoms with Crippen molar-refractivity contribution in [1.29, 1.82) is 0 Å². The third-order valence-corrected chi connectivity index (χ3v) is 1.85. The van der Waals surface area contributed by atoms with Crippen LogP contribution in [0, 0.1) is 0 Å². The van der Waals surface area contributed by atoms with Crippen molar-refractivity contribution in [1.82, 2.24) is 9.97 Å². The predicted molar refractivity (Wildman–Crippen MR) is 43.2 cm³/mol. The third-order valence-electron chi connectivity index (χ3n) is 1.22. The van der Waals surface area contributed by atoms with E-state index in [-0.39, 0.29) is 11.0 Å². The lowest BCUT2D eigenvalue weighted by Gasteiger charge is -2.06. The number of hydrogen-bond acceptors (Lipinski definition) is 4. The second-order valence-corrected chi connectivity index (χ2v) is 2.98. The highest BCUT2D eigenvalue weighted by Gasteiger charge is 2.33. The quantitative estimate of drug-likeness (QED) is 0.566. The van der Waals surface area contributed by atoms with Crippen molar-refractivity contribution in [3.63, 3.8) is 0 Å². The molecule has 0 fully saturated rings. The van der Waals surface area contributed by atoms with Crippen LogP contribution >= 0.6 is 11.8 Å². The molecule has 0 aliphatic heterocycles. The largest absolute Gasteiger partial charge is 0.433 e. The van der Waals surface area contributed by atoms with Crippen LogP contribution in [0.1, 0.15) is 5.69 Å². The summed E-state index contributed by atoms with van der Waals surface area (Å²) >= 11 is 1.08. The predicted octanol–water partition coefficient (Wildman–Crippen LogP) is 1.80. The number of nitrogens with zero attached hydrogens (tertiary/aromatic N) is 2. The van der Waals surface area contributed by atoms with Crippen LogP contribution < -0.4 is 5.73 Å². The molecule has 0 aromatic carbocycles. The zero-order chi connectivity index (χ0) is 10.1. The van der Waals surface area contributed by atoms with Crippen molar-refractivity contribution >= 4 is 17.7 Å². The van der Waals surface area contributed by atoms with E-state index in [9.17, 15) is 13.2 Å². The van der Waals surface area contributed by atoms with Gasteiger partial charge in [-0.05, 0) is 6.26 Å². The minimum absolute atomic E-state index is 0.208. The molecule has 0 aliphatic carbocycles. The van der Waals surface area contributed by atoms with Crippen molar-refractivity contribution in [3.05, 3.63) is 11.8 Å². The van der Waals surface area contributed by atoms with Gasteiger partial charge < -0.3 is 5.73 Å². The number of hydrogen-bond donors (Lipinski definition) is 1. The molecule has 0 bridgehead atoms. The summed E-state index contributed by atoms with van der Waals surface area (Å²) in [6, 6.07) is 0.862. The highest BCUT2D eigenvalue weighted by atomic mass is 32.2. The Kier molecular flexibility index (Phi) is 2.65. The van der Waals surface area contributed by atoms with Crippen LogP contribution in [0.3, 0.4) is 0 Å². The van der Waals surface area contributed by atoms with Crippen molar-refractivity contribution in [2.75, 3.05) is 12.0 Å². The number of aromatic nitrogens is 2. The van der Waals surface area contributed by atoms with Gasteiger partial charge in [-0.15, -0.1) is 11.8 Å². The number of halogens is 3. The minimum Gasteiger partial charge on any atom is -0.368 e. The van der Waals surface area contributed by atoms with E-state index in [1.807, 2.05) is 0 Å². The first-order valence-corrected chi connectivity index (χ1v) is 4.41. The van der Waals surface area contributed by atoms with Crippen molar-refractivity contribution in [2.24, 2.45) is 0 Å². The molecule has 1 rings (SSSR count). The van der Waals surface area contributed by atoms with Gasteiger partial charge in [0, 0.05) is 6.07 Å². The van der Waals surface area contributed by atoms with Crippen LogP contribution in [0.15, 0.2) is 11.1 Å². The smallest absolute Gasteiger partial charge is 0.368 e. The van der Waals surface area contributed by atoms with Gasteiger partial charge in [0.2, 0.25) is 5.95 Å². The average Bonchev–Trinajstić information content (AvgIpc) is 2.01. The van der Waals surface area contributed by atoms with Crippen LogP contribution in [-0.4, -0.2) is 16.2 Å². The lowest BCUT2D eigenvalue weighted by atomic mass is 10.4. The molecule has 1 heterocycles. The lowest BCUT2D eigenvalue weighted by Crippen LogP contribution is -2.10. The number of rotatable bonds is 1. The Bertz CT molecular complexity index is 312. The van der Waals surface area contributed by atoms with Crippen LogP contribution in [-0.2, 0) is 6.18 Å². The van der Waals surface area contributed by atoms with E-state index >= 15 is 0 Å². The van der Waals surface area contributed by atoms with Crippen molar-refractivity contribution < 1.29 is 13.2 Å². The zero-order valence-corrected chi connectivity index (χ0v) is 7.41. The molecule has 2 N–H and O–H groups in total. The maximum atomic E-state index is 12.1. The second kappa shape index (κ2) is 3.41. The van der Waals surface area contributed by atoms with Gasteiger partial charge in [-0.1, -0.05) is 0 Å². The molecule has 1 aromatic rings. The summed E-state index contributed by atoms with van der Waals surface area (Å²) in [6.07, 6.45) is -2.86. The normalized spacial score (nSPS) is 11.7. The summed E-state index contributed by atoms with van der Waals surface area (Å²) < 4.78 is 36.4. The van der Waals surface area contributed by atoms with Crippen LogP contribution in [0.4, 0.5) is 19.1 Å². The van der Waals surface area contributed by atoms with Gasteiger partial charge in [0.25, 0.3) is 0 Å². The Balaban J connectivity index is 3.16. The first kappa shape index (κ1) is 10.1. The van der Waals surface area contributed by atoms with E-state index in [0.717, 1.165) is 17.8 Å². The Morgan fingerprint density at radius 2 is 2.00 bits per heavy atom. The highest BCUT2D eigenvalue weighted by molar-refractivity contribution is 7.98. The molecule has 1 aromatic heterocycles. The molecule has 0 aliphatic rings. The molecule has 0 unspecified atom stereocenters. The first-order chi connectivity index (χ1) is 5.93. The number of alkyl halides is 3. The zero-order valence-electron chi connectivity index (χ0n) is 6.59. The Labute approximate surface area is 76.6 Å². The van der Waals surface area contributed by atoms with Gasteiger partial charge in [0.1, 0.15) is 5.03 Å². The van der Waals surface area contributed by atoms with Crippen LogP contribution in [0.5, 0.6) is 0 Å². The SMILES string of the molecule is CSc1cc(C(F)(F)F)nc(N)n1. The summed E-state index contributed by atoms with van der Waals surface area (Å²) in [7, 11) is 0. The van der Waals surface area contributed by atoms with Crippen molar-refractivity contribution in [3.8, 4) is 0 Å². The molecule has 0 saturated carbocycles. The molecule has 0 saturated heterocycles. The number of anilines is 1. The summed E-state index contributed by atoms with van der Waals surface area (Å²) in [6.45, 7) is 0. The van der Waals surface area contributed by atoms with Crippen molar-refractivity contribution in [2.45, 2.75) is 11.2 Å². The molecule has 0 radical (unpaired) electrons. The van der Waals surface area contributed by atoms with Gasteiger partial charge in [0.05, 0.1) is 0 Å². The monoisotopic (exact) mass is 209 g/mol. The summed E-state index contributed by atoms with van der Waals surface area (Å²) in [4.78, 5) is 6.68. The molecule has 0 spiro atoms. The number of thioether (sulfide) groups is 1. The van der Waals surface area contributed by atoms with Gasteiger partial charge in [-0.25, -0.2) is 9.97 Å². The van der Waals surface area contributed by atoms with E-state index < -0.39 is 11.9 Å². The average molecular weight is 209 g/mol. The molecule has 3 nitrogen and oxygen atoms in total. The maximum absolute atomic E-state index is 12.1. The fourth-order valence-corrected chi connectivity index (χ4v) is 1.11. The second-order valence-electron chi connectivity index (χ2n) is 2.15. The van der Waals surface area contributed by atoms with E-state index in [1.165, 1.54) is 0 Å². The summed E-state index contributed by atoms with van der Waals surface area (Å²) in [5.41, 5.74) is 4.09. The van der Waals surface area contributed by atoms with Gasteiger partial charge in [0.15, 0.2) is 5.69 Å². The van der Waals surface area contributed by atoms with Crippen LogP contribution in [0.2, 0.25) is 0 Å². The summed E-state index contributed by atoms with van der Waals surface area (Å²) in [5.74, 6) is -0.362. The van der Waals surface area contributed by atoms with Crippen LogP contribution in [0.25, 0.3) is 0 Å². The van der Waals surface area contributed by atoms with E-state index in [0.29, 0.717) is 0 Å². The first-order valence-electron chi connectivity index (χ1n) is 3.19. The van der Waals surface area contributed by atoms with E-state index in [1.54, 1.807) is 6.26 Å². The molecule has 72 valence electrons. The maximum Gasteiger partial charge on any atom is 0.433 e. The lowest BCUT2D eigenvalue weighted by molar-refractivity contribution is -0.141. The topological polar surface area (TPSA) is 51.8 Å². The molecule has 0 amide bonds. The molecule has 13 heavy (non-hydrogen) atoms. The van der Waals surface area contributed by atoms with Gasteiger partial charge >= 0.3 is 6.18 Å². The van der Waals surface area contributed by atoms with Gasteiger partial charge in [-0.3, -0.25) is 0 Å². The molecule has 7 heteroatoms. The molecular weight excluding hydrogens is 203 g/mol. The number of nitrogens with two attached hydrogens (primary N) is 1. The Morgan fingerprint density at radius 3 is 2.46 bits per heavy atom. The molecular formula is C6H6F3N3S. The Hall–Kier alpha value is -0.980. The Morgan fingerprint density at radius 1 is 1.38 bits per heavy atom. The van der Waals surface area contributed by atoms with Gasteiger partial charge in [-0.2, -0.15) is 13.2 Å². The molecule has 0 atom stereocenters. The minimum atomic E-state index is -4.47. The third kappa shape index (κ3) is 2.48. The summed E-state index contributed by atoms with van der Waals surface area (Å²) in [5, 5.41) is 0.208. The fraction of sp³-hybridized carbons (Fsp3) is 0.333. The van der Waals surface area contributed by atoms with E-state index in [2.05, 4.69) is 9.97 Å². The standard InChI is InChI=1S/C6H6F3N3S/c1-13-4-2-3(6(7,8)9)11-5(10)12-4/h2H,1H3,(H2,10,11,12). The fourth-order valence-electron chi connectivity index (χ4n) is 0.693. The highest BCUT2D eigenvalue weighted by Crippen LogP contribution is 2.29.